The molecule has 70 valence electrons. The Bertz CT molecular complexity index is 166. The second kappa shape index (κ2) is 4.12. The van der Waals surface area contributed by atoms with Crippen molar-refractivity contribution in [2.24, 2.45) is 5.92 Å². The van der Waals surface area contributed by atoms with Crippen molar-refractivity contribution < 1.29 is 9.53 Å². The number of hydrogen-bond donors (Lipinski definition) is 0. The van der Waals surface area contributed by atoms with Crippen LogP contribution in [0.3, 0.4) is 0 Å². The maximum Gasteiger partial charge on any atom is 0.409 e. The molecule has 1 heterocycles. The van der Waals surface area contributed by atoms with Gasteiger partial charge in [0.05, 0.1) is 11.4 Å². The summed E-state index contributed by atoms with van der Waals surface area (Å²) in [4.78, 5) is 13.3. The summed E-state index contributed by atoms with van der Waals surface area (Å²) in [6.07, 6.45) is -0.181. The van der Waals surface area contributed by atoms with Gasteiger partial charge in [-0.15, -0.1) is 0 Å². The van der Waals surface area contributed by atoms with E-state index in [4.69, 9.17) is 4.74 Å². The zero-order chi connectivity index (χ0) is 9.14. The summed E-state index contributed by atoms with van der Waals surface area (Å²) in [6.45, 7) is 6.11. The van der Waals surface area contributed by atoms with Gasteiger partial charge in [0, 0.05) is 13.1 Å². The van der Waals surface area contributed by atoms with Crippen LogP contribution in [0.15, 0.2) is 0 Å². The van der Waals surface area contributed by atoms with Crippen molar-refractivity contribution in [3.63, 3.8) is 0 Å². The lowest BCUT2D eigenvalue weighted by Gasteiger charge is -2.34. The highest BCUT2D eigenvalue weighted by Gasteiger charge is 2.29. The number of nitrogens with zero attached hydrogens (tertiary/aromatic N) is 1. The Morgan fingerprint density at radius 1 is 1.67 bits per heavy atom. The number of amides is 1. The van der Waals surface area contributed by atoms with Crippen LogP contribution in [0, 0.1) is 5.92 Å². The highest BCUT2D eigenvalue weighted by molar-refractivity contribution is 9.09. The SMILES string of the molecule is CC(C)COC(=O)N1CC(Br)C1. The Morgan fingerprint density at radius 2 is 2.25 bits per heavy atom. The summed E-state index contributed by atoms with van der Waals surface area (Å²) in [6, 6.07) is 0. The van der Waals surface area contributed by atoms with Crippen molar-refractivity contribution in [3.8, 4) is 0 Å². The van der Waals surface area contributed by atoms with Crippen LogP contribution in [0.5, 0.6) is 0 Å². The fourth-order valence-corrected chi connectivity index (χ4v) is 1.60. The highest BCUT2D eigenvalue weighted by atomic mass is 79.9. The molecule has 1 fully saturated rings. The Labute approximate surface area is 81.2 Å². The standard InChI is InChI=1S/C8H14BrNO2/c1-6(2)5-12-8(11)10-3-7(9)4-10/h6-7H,3-5H2,1-2H3. The topological polar surface area (TPSA) is 29.5 Å². The van der Waals surface area contributed by atoms with E-state index in [0.29, 0.717) is 17.4 Å². The Kier molecular flexibility index (Phi) is 3.38. The first-order valence-corrected chi connectivity index (χ1v) is 5.07. The number of likely N-dealkylation sites (tertiary alicyclic amines) is 1. The third-order valence-electron chi connectivity index (χ3n) is 1.64. The van der Waals surface area contributed by atoms with Crippen molar-refractivity contribution in [2.45, 2.75) is 18.7 Å². The largest absolute Gasteiger partial charge is 0.449 e. The maximum absolute atomic E-state index is 11.2. The maximum atomic E-state index is 11.2. The number of carbonyl (C=O) groups excluding carboxylic acids is 1. The zero-order valence-electron chi connectivity index (χ0n) is 7.42. The molecule has 1 aliphatic rings. The molecular formula is C8H14BrNO2. The molecule has 0 N–H and O–H groups in total. The molecule has 12 heavy (non-hydrogen) atoms. The number of halogens is 1. The number of alkyl halides is 1. The van der Waals surface area contributed by atoms with Gasteiger partial charge in [0.1, 0.15) is 0 Å². The summed E-state index contributed by atoms with van der Waals surface area (Å²) in [5.74, 6) is 0.412. The number of carbonyl (C=O) groups is 1. The summed E-state index contributed by atoms with van der Waals surface area (Å²) in [5, 5.41) is 0. The number of rotatable bonds is 2. The van der Waals surface area contributed by atoms with E-state index in [1.165, 1.54) is 0 Å². The van der Waals surface area contributed by atoms with Gasteiger partial charge in [-0.05, 0) is 5.92 Å². The monoisotopic (exact) mass is 235 g/mol. The molecule has 0 aliphatic carbocycles. The van der Waals surface area contributed by atoms with Crippen LogP contribution in [-0.2, 0) is 4.74 Å². The van der Waals surface area contributed by atoms with Gasteiger partial charge >= 0.3 is 6.09 Å². The number of ether oxygens (including phenoxy) is 1. The lowest BCUT2D eigenvalue weighted by molar-refractivity contribution is 0.0753. The van der Waals surface area contributed by atoms with Gasteiger partial charge in [0.15, 0.2) is 0 Å². The van der Waals surface area contributed by atoms with Crippen molar-refractivity contribution in [2.75, 3.05) is 19.7 Å². The normalized spacial score (nSPS) is 17.8. The van der Waals surface area contributed by atoms with Crippen molar-refractivity contribution >= 4 is 22.0 Å². The van der Waals surface area contributed by atoms with Crippen LogP contribution < -0.4 is 0 Å². The Morgan fingerprint density at radius 3 is 2.67 bits per heavy atom. The van der Waals surface area contributed by atoms with Gasteiger partial charge in [-0.25, -0.2) is 4.79 Å². The van der Waals surface area contributed by atoms with Crippen LogP contribution in [0.4, 0.5) is 4.79 Å². The third-order valence-corrected chi connectivity index (χ3v) is 2.21. The average molecular weight is 236 g/mol. The molecule has 1 amide bonds. The van der Waals surface area contributed by atoms with Gasteiger partial charge < -0.3 is 9.64 Å². The molecule has 0 bridgehead atoms. The van der Waals surface area contributed by atoms with E-state index in [9.17, 15) is 4.79 Å². The Balaban J connectivity index is 2.13. The van der Waals surface area contributed by atoms with Crippen LogP contribution in [0.1, 0.15) is 13.8 Å². The molecule has 1 aliphatic heterocycles. The molecule has 0 aromatic carbocycles. The smallest absolute Gasteiger partial charge is 0.409 e. The van der Waals surface area contributed by atoms with E-state index in [1.54, 1.807) is 4.90 Å². The van der Waals surface area contributed by atoms with Crippen LogP contribution in [0.2, 0.25) is 0 Å². The molecule has 0 unspecified atom stereocenters. The fourth-order valence-electron chi connectivity index (χ4n) is 0.903. The van der Waals surface area contributed by atoms with Gasteiger partial charge in [-0.1, -0.05) is 29.8 Å². The molecule has 0 saturated carbocycles. The molecule has 3 nitrogen and oxygen atoms in total. The summed E-state index contributed by atoms with van der Waals surface area (Å²) < 4.78 is 5.02. The number of hydrogen-bond acceptors (Lipinski definition) is 2. The molecular weight excluding hydrogens is 222 g/mol. The van der Waals surface area contributed by atoms with Crippen molar-refractivity contribution in [1.29, 1.82) is 0 Å². The fraction of sp³-hybridized carbons (Fsp3) is 0.875. The predicted octanol–water partition coefficient (Wildman–Crippen LogP) is 1.86. The first-order valence-electron chi connectivity index (χ1n) is 4.15. The molecule has 0 aromatic heterocycles. The molecule has 1 rings (SSSR count). The van der Waals surface area contributed by atoms with Gasteiger partial charge in [0.2, 0.25) is 0 Å². The first kappa shape index (κ1) is 9.84. The minimum atomic E-state index is -0.181. The van der Waals surface area contributed by atoms with Gasteiger partial charge in [0.25, 0.3) is 0 Å². The van der Waals surface area contributed by atoms with Gasteiger partial charge in [-0.3, -0.25) is 0 Å². The van der Waals surface area contributed by atoms with E-state index in [2.05, 4.69) is 15.9 Å². The van der Waals surface area contributed by atoms with E-state index in [1.807, 2.05) is 13.8 Å². The molecule has 0 radical (unpaired) electrons. The minimum Gasteiger partial charge on any atom is -0.449 e. The Hall–Kier alpha value is -0.250. The summed E-state index contributed by atoms with van der Waals surface area (Å²) >= 11 is 3.40. The summed E-state index contributed by atoms with van der Waals surface area (Å²) in [7, 11) is 0. The molecule has 1 saturated heterocycles. The van der Waals surface area contributed by atoms with E-state index >= 15 is 0 Å². The van der Waals surface area contributed by atoms with Crippen molar-refractivity contribution in [1.82, 2.24) is 4.90 Å². The first-order chi connectivity index (χ1) is 5.59. The van der Waals surface area contributed by atoms with Crippen LogP contribution in [-0.4, -0.2) is 35.5 Å². The van der Waals surface area contributed by atoms with E-state index < -0.39 is 0 Å². The second-order valence-corrected chi connectivity index (χ2v) is 4.77. The quantitative estimate of drug-likeness (QED) is 0.685. The average Bonchev–Trinajstić information content (AvgIpc) is 1.94. The molecule has 0 aromatic rings. The third kappa shape index (κ3) is 2.66. The summed E-state index contributed by atoms with van der Waals surface area (Å²) in [5.41, 5.74) is 0. The highest BCUT2D eigenvalue weighted by Crippen LogP contribution is 2.16. The zero-order valence-corrected chi connectivity index (χ0v) is 9.00. The minimum absolute atomic E-state index is 0.181. The lowest BCUT2D eigenvalue weighted by atomic mass is 10.2. The van der Waals surface area contributed by atoms with Crippen molar-refractivity contribution in [3.05, 3.63) is 0 Å². The van der Waals surface area contributed by atoms with Crippen LogP contribution in [0.25, 0.3) is 0 Å². The van der Waals surface area contributed by atoms with E-state index in [-0.39, 0.29) is 6.09 Å². The predicted molar refractivity (Wildman–Crippen MR) is 50.5 cm³/mol. The van der Waals surface area contributed by atoms with Gasteiger partial charge in [-0.2, -0.15) is 0 Å². The second-order valence-electron chi connectivity index (χ2n) is 3.47. The molecule has 0 spiro atoms. The van der Waals surface area contributed by atoms with Crippen LogP contribution >= 0.6 is 15.9 Å². The molecule has 0 atom stereocenters. The lowest BCUT2D eigenvalue weighted by Crippen LogP contribution is -2.51. The molecule has 4 heteroatoms. The van der Waals surface area contributed by atoms with E-state index in [0.717, 1.165) is 13.1 Å².